The van der Waals surface area contributed by atoms with Crippen LogP contribution in [-0.2, 0) is 13.0 Å². The van der Waals surface area contributed by atoms with Gasteiger partial charge in [-0.25, -0.2) is 9.98 Å². The quantitative estimate of drug-likeness (QED) is 0.636. The van der Waals surface area contributed by atoms with Crippen LogP contribution in [0.3, 0.4) is 0 Å². The molecule has 0 amide bonds. The first-order valence-corrected chi connectivity index (χ1v) is 7.68. The molecule has 0 aliphatic heterocycles. The van der Waals surface area contributed by atoms with E-state index in [0.29, 0.717) is 12.4 Å². The maximum Gasteiger partial charge on any atom is 0.216 e. The average molecular weight is 300 g/mol. The molecule has 0 saturated carbocycles. The summed E-state index contributed by atoms with van der Waals surface area (Å²) in [7, 11) is 0. The van der Waals surface area contributed by atoms with Gasteiger partial charge in [-0.3, -0.25) is 0 Å². The minimum atomic E-state index is 0.440. The van der Waals surface area contributed by atoms with Crippen LogP contribution < -0.4 is 10.6 Å². The van der Waals surface area contributed by atoms with E-state index in [2.05, 4.69) is 44.9 Å². The molecule has 0 radical (unpaired) electrons. The number of guanidine groups is 1. The highest BCUT2D eigenvalue weighted by Gasteiger charge is 2.05. The molecular formula is C17H24N4O. The number of aryl methyl sites for hydroxylation is 2. The van der Waals surface area contributed by atoms with Gasteiger partial charge >= 0.3 is 0 Å². The number of oxazole rings is 1. The summed E-state index contributed by atoms with van der Waals surface area (Å²) >= 11 is 0. The number of nitrogens with zero attached hydrogens (tertiary/aromatic N) is 2. The van der Waals surface area contributed by atoms with E-state index in [9.17, 15) is 0 Å². The van der Waals surface area contributed by atoms with Crippen molar-refractivity contribution in [3.63, 3.8) is 0 Å². The first-order valence-electron chi connectivity index (χ1n) is 7.68. The van der Waals surface area contributed by atoms with Gasteiger partial charge in [-0.05, 0) is 32.8 Å². The monoisotopic (exact) mass is 300 g/mol. The van der Waals surface area contributed by atoms with E-state index in [1.165, 1.54) is 5.56 Å². The molecule has 5 nitrogen and oxygen atoms in total. The SMILES string of the molecule is CCNC(=NCc1nc(C)c(C)o1)NCCc1ccccc1. The van der Waals surface area contributed by atoms with E-state index in [-0.39, 0.29) is 0 Å². The summed E-state index contributed by atoms with van der Waals surface area (Å²) in [5.74, 6) is 2.29. The van der Waals surface area contributed by atoms with Gasteiger partial charge in [0.1, 0.15) is 12.3 Å². The predicted octanol–water partition coefficient (Wildman–Crippen LogP) is 2.59. The highest BCUT2D eigenvalue weighted by atomic mass is 16.4. The average Bonchev–Trinajstić information content (AvgIpc) is 2.84. The number of aliphatic imine (C=N–C) groups is 1. The Balaban J connectivity index is 1.87. The molecule has 0 aliphatic rings. The first kappa shape index (κ1) is 16.1. The van der Waals surface area contributed by atoms with Crippen LogP contribution in [0, 0.1) is 13.8 Å². The molecule has 0 fully saturated rings. The van der Waals surface area contributed by atoms with Crippen molar-refractivity contribution in [3.8, 4) is 0 Å². The predicted molar refractivity (Wildman–Crippen MR) is 88.9 cm³/mol. The molecule has 0 bridgehead atoms. The van der Waals surface area contributed by atoms with Gasteiger partial charge < -0.3 is 15.1 Å². The van der Waals surface area contributed by atoms with Crippen molar-refractivity contribution in [2.75, 3.05) is 13.1 Å². The second-order valence-corrected chi connectivity index (χ2v) is 5.11. The van der Waals surface area contributed by atoms with Crippen molar-refractivity contribution < 1.29 is 4.42 Å². The largest absolute Gasteiger partial charge is 0.444 e. The van der Waals surface area contributed by atoms with E-state index in [4.69, 9.17) is 4.42 Å². The fourth-order valence-corrected chi connectivity index (χ4v) is 2.07. The Morgan fingerprint density at radius 2 is 1.95 bits per heavy atom. The summed E-state index contributed by atoms with van der Waals surface area (Å²) in [6.45, 7) is 8.00. The summed E-state index contributed by atoms with van der Waals surface area (Å²) in [6.07, 6.45) is 0.961. The number of benzene rings is 1. The molecule has 0 aliphatic carbocycles. The van der Waals surface area contributed by atoms with Crippen LogP contribution in [0.5, 0.6) is 0 Å². The van der Waals surface area contributed by atoms with Crippen LogP contribution in [0.25, 0.3) is 0 Å². The molecule has 22 heavy (non-hydrogen) atoms. The molecule has 1 aromatic carbocycles. The third kappa shape index (κ3) is 4.91. The van der Waals surface area contributed by atoms with Gasteiger partial charge in [0.2, 0.25) is 5.89 Å². The van der Waals surface area contributed by atoms with Crippen molar-refractivity contribution in [1.29, 1.82) is 0 Å². The van der Waals surface area contributed by atoms with Crippen molar-refractivity contribution >= 4 is 5.96 Å². The minimum absolute atomic E-state index is 0.440. The summed E-state index contributed by atoms with van der Waals surface area (Å²) in [4.78, 5) is 8.85. The number of rotatable bonds is 6. The highest BCUT2D eigenvalue weighted by Crippen LogP contribution is 2.08. The third-order valence-electron chi connectivity index (χ3n) is 3.34. The van der Waals surface area contributed by atoms with E-state index in [0.717, 1.165) is 36.9 Å². The Bertz CT molecular complexity index is 585. The molecule has 2 rings (SSSR count). The summed E-state index contributed by atoms with van der Waals surface area (Å²) in [6, 6.07) is 10.4. The lowest BCUT2D eigenvalue weighted by molar-refractivity contribution is 0.473. The van der Waals surface area contributed by atoms with E-state index >= 15 is 0 Å². The zero-order valence-corrected chi connectivity index (χ0v) is 13.5. The van der Waals surface area contributed by atoms with Crippen LogP contribution in [0.4, 0.5) is 0 Å². The van der Waals surface area contributed by atoms with Gasteiger partial charge in [-0.2, -0.15) is 0 Å². The van der Waals surface area contributed by atoms with Gasteiger partial charge in [-0.15, -0.1) is 0 Å². The summed E-state index contributed by atoms with van der Waals surface area (Å²) < 4.78 is 5.54. The molecule has 1 heterocycles. The molecule has 5 heteroatoms. The van der Waals surface area contributed by atoms with Crippen molar-refractivity contribution in [3.05, 3.63) is 53.2 Å². The standard InChI is InChI=1S/C17H24N4O/c1-4-18-17(19-11-10-15-8-6-5-7-9-15)20-12-16-21-13(2)14(3)22-16/h5-9H,4,10-12H2,1-3H3,(H2,18,19,20). The zero-order valence-electron chi connectivity index (χ0n) is 13.5. The summed E-state index contributed by atoms with van der Waals surface area (Å²) in [5.41, 5.74) is 2.23. The number of aromatic nitrogens is 1. The first-order chi connectivity index (χ1) is 10.7. The smallest absolute Gasteiger partial charge is 0.216 e. The fraction of sp³-hybridized carbons (Fsp3) is 0.412. The molecular weight excluding hydrogens is 276 g/mol. The molecule has 2 aromatic rings. The zero-order chi connectivity index (χ0) is 15.8. The van der Waals surface area contributed by atoms with Crippen LogP contribution in [0.15, 0.2) is 39.7 Å². The maximum atomic E-state index is 5.54. The van der Waals surface area contributed by atoms with Crippen LogP contribution in [-0.4, -0.2) is 24.0 Å². The Kier molecular flexibility index (Phi) is 6.01. The maximum absolute atomic E-state index is 5.54. The van der Waals surface area contributed by atoms with Gasteiger partial charge in [0, 0.05) is 13.1 Å². The van der Waals surface area contributed by atoms with Crippen LogP contribution in [0.1, 0.15) is 29.8 Å². The van der Waals surface area contributed by atoms with E-state index in [1.807, 2.05) is 26.8 Å². The molecule has 2 N–H and O–H groups in total. The van der Waals surface area contributed by atoms with E-state index in [1.54, 1.807) is 0 Å². The molecule has 0 atom stereocenters. The number of nitrogens with one attached hydrogen (secondary N) is 2. The number of hydrogen-bond acceptors (Lipinski definition) is 3. The van der Waals surface area contributed by atoms with Gasteiger partial charge in [0.25, 0.3) is 0 Å². The lowest BCUT2D eigenvalue weighted by Gasteiger charge is -2.10. The highest BCUT2D eigenvalue weighted by molar-refractivity contribution is 5.79. The molecule has 1 aromatic heterocycles. The third-order valence-corrected chi connectivity index (χ3v) is 3.34. The van der Waals surface area contributed by atoms with Crippen molar-refractivity contribution in [2.45, 2.75) is 33.7 Å². The molecule has 0 unspecified atom stereocenters. The molecule has 0 spiro atoms. The number of hydrogen-bond donors (Lipinski definition) is 2. The lowest BCUT2D eigenvalue weighted by atomic mass is 10.1. The van der Waals surface area contributed by atoms with Gasteiger partial charge in [0.15, 0.2) is 5.96 Å². The van der Waals surface area contributed by atoms with E-state index < -0.39 is 0 Å². The topological polar surface area (TPSA) is 62.5 Å². The second kappa shape index (κ2) is 8.22. The molecule has 118 valence electrons. The Morgan fingerprint density at radius 1 is 1.18 bits per heavy atom. The van der Waals surface area contributed by atoms with Gasteiger partial charge in [-0.1, -0.05) is 30.3 Å². The van der Waals surface area contributed by atoms with Crippen LogP contribution >= 0.6 is 0 Å². The summed E-state index contributed by atoms with van der Waals surface area (Å²) in [5, 5.41) is 6.56. The van der Waals surface area contributed by atoms with Gasteiger partial charge in [0.05, 0.1) is 5.69 Å². The normalized spacial score (nSPS) is 11.5. The fourth-order valence-electron chi connectivity index (χ4n) is 2.07. The van der Waals surface area contributed by atoms with Crippen LogP contribution in [0.2, 0.25) is 0 Å². The molecule has 0 saturated heterocycles. The Labute approximate surface area is 131 Å². The Morgan fingerprint density at radius 3 is 2.59 bits per heavy atom. The van der Waals surface area contributed by atoms with Crippen molar-refractivity contribution in [2.24, 2.45) is 4.99 Å². The minimum Gasteiger partial charge on any atom is -0.444 e. The van der Waals surface area contributed by atoms with Crippen molar-refractivity contribution in [1.82, 2.24) is 15.6 Å². The Hall–Kier alpha value is -2.30. The second-order valence-electron chi connectivity index (χ2n) is 5.11. The lowest BCUT2D eigenvalue weighted by Crippen LogP contribution is -2.38.